The number of halogens is 1. The number of nitrogens with one attached hydrogen (secondary N) is 2. The topological polar surface area (TPSA) is 49.8 Å². The molecule has 0 radical (unpaired) electrons. The van der Waals surface area contributed by atoms with E-state index in [0.717, 1.165) is 43.5 Å². The number of carbonyl (C=O) groups excluding carboxylic acids is 1. The predicted octanol–water partition coefficient (Wildman–Crippen LogP) is 6.87. The Morgan fingerprint density at radius 3 is 2.35 bits per heavy atom. The van der Waals surface area contributed by atoms with Crippen LogP contribution in [0, 0.1) is 0 Å². The molecular formula is C29H28ClN3O. The highest BCUT2D eigenvalue weighted by Gasteiger charge is 2.30. The Bertz CT molecular complexity index is 1470. The molecule has 5 aromatic rings. The third-order valence-corrected chi connectivity index (χ3v) is 6.34. The molecule has 2 aromatic heterocycles. The smallest absolute Gasteiger partial charge is 0.232 e. The van der Waals surface area contributed by atoms with Crippen molar-refractivity contribution in [3.8, 4) is 0 Å². The van der Waals surface area contributed by atoms with E-state index in [1.165, 1.54) is 0 Å². The summed E-state index contributed by atoms with van der Waals surface area (Å²) in [6, 6.07) is 24.3. The Labute approximate surface area is 204 Å². The summed E-state index contributed by atoms with van der Waals surface area (Å²) in [6.45, 7) is 6.74. The lowest BCUT2D eigenvalue weighted by molar-refractivity contribution is -0.123. The van der Waals surface area contributed by atoms with Gasteiger partial charge in [-0.2, -0.15) is 0 Å². The number of amides is 1. The van der Waals surface area contributed by atoms with Crippen molar-refractivity contribution in [2.45, 2.75) is 38.8 Å². The van der Waals surface area contributed by atoms with Gasteiger partial charge in [0.05, 0.1) is 5.92 Å². The minimum absolute atomic E-state index is 0.00773. The summed E-state index contributed by atoms with van der Waals surface area (Å²) in [4.78, 5) is 17.2. The Morgan fingerprint density at radius 2 is 1.62 bits per heavy atom. The molecule has 2 heterocycles. The molecule has 4 nitrogen and oxygen atoms in total. The van der Waals surface area contributed by atoms with E-state index in [1.54, 1.807) is 0 Å². The van der Waals surface area contributed by atoms with Crippen molar-refractivity contribution in [1.29, 1.82) is 0 Å². The monoisotopic (exact) mass is 469 g/mol. The van der Waals surface area contributed by atoms with Crippen LogP contribution in [0.25, 0.3) is 21.8 Å². The van der Waals surface area contributed by atoms with Crippen LogP contribution in [0.2, 0.25) is 5.02 Å². The summed E-state index contributed by atoms with van der Waals surface area (Å²) in [5, 5.41) is 6.09. The van der Waals surface area contributed by atoms with Gasteiger partial charge in [-0.1, -0.05) is 60.1 Å². The van der Waals surface area contributed by atoms with Gasteiger partial charge in [0, 0.05) is 51.3 Å². The van der Waals surface area contributed by atoms with Gasteiger partial charge in [-0.15, -0.1) is 0 Å². The van der Waals surface area contributed by atoms with E-state index >= 15 is 0 Å². The highest BCUT2D eigenvalue weighted by molar-refractivity contribution is 6.30. The van der Waals surface area contributed by atoms with Crippen LogP contribution in [0.5, 0.6) is 0 Å². The van der Waals surface area contributed by atoms with Crippen LogP contribution in [0.1, 0.15) is 43.4 Å². The number of rotatable bonds is 5. The molecule has 1 atom stereocenters. The molecule has 0 spiro atoms. The van der Waals surface area contributed by atoms with Gasteiger partial charge in [-0.25, -0.2) is 0 Å². The maximum absolute atomic E-state index is 13.8. The lowest BCUT2D eigenvalue weighted by Gasteiger charge is -2.25. The Balaban J connectivity index is 1.68. The van der Waals surface area contributed by atoms with Gasteiger partial charge in [0.25, 0.3) is 0 Å². The number of aromatic amines is 1. The minimum atomic E-state index is -0.452. The number of hydrogen-bond donors (Lipinski definition) is 2. The number of fused-ring (bicyclic) bond motifs is 2. The number of hydrogen-bond acceptors (Lipinski definition) is 1. The summed E-state index contributed by atoms with van der Waals surface area (Å²) in [6.07, 6.45) is 4.11. The maximum Gasteiger partial charge on any atom is 0.232 e. The van der Waals surface area contributed by atoms with Crippen LogP contribution < -0.4 is 5.32 Å². The van der Waals surface area contributed by atoms with Crippen molar-refractivity contribution in [2.75, 3.05) is 0 Å². The summed E-state index contributed by atoms with van der Waals surface area (Å²) in [7, 11) is 0. The van der Waals surface area contributed by atoms with Crippen molar-refractivity contribution in [3.63, 3.8) is 0 Å². The SMILES string of the molecule is CC(C)(C)NC(=O)C(c1c[nH]c2ccccc12)c1cn(Cc2ccc(Cl)cc2)c2ccccc12. The van der Waals surface area contributed by atoms with Crippen molar-refractivity contribution >= 4 is 39.3 Å². The molecule has 0 saturated heterocycles. The van der Waals surface area contributed by atoms with E-state index < -0.39 is 5.92 Å². The standard InChI is InChI=1S/C29H28ClN3O/c1-29(2,3)32-28(34)27(23-16-31-25-10-6-4-8-21(23)25)24-18-33(26-11-7-5-9-22(24)26)17-19-12-14-20(30)15-13-19/h4-16,18,27,31H,17H2,1-3H3,(H,32,34). The number of nitrogens with zero attached hydrogens (tertiary/aromatic N) is 1. The molecule has 172 valence electrons. The average molecular weight is 470 g/mol. The molecule has 2 N–H and O–H groups in total. The molecule has 0 aliphatic rings. The quantitative estimate of drug-likeness (QED) is 0.290. The first-order valence-corrected chi connectivity index (χ1v) is 11.9. The Kier molecular flexibility index (Phi) is 5.70. The minimum Gasteiger partial charge on any atom is -0.361 e. The summed E-state index contributed by atoms with van der Waals surface area (Å²) in [5.41, 5.74) is 4.91. The molecule has 0 fully saturated rings. The van der Waals surface area contributed by atoms with Crippen molar-refractivity contribution < 1.29 is 4.79 Å². The van der Waals surface area contributed by atoms with Crippen LogP contribution >= 0.6 is 11.6 Å². The highest BCUT2D eigenvalue weighted by Crippen LogP contribution is 2.36. The third-order valence-electron chi connectivity index (χ3n) is 6.09. The van der Waals surface area contributed by atoms with E-state index in [1.807, 2.05) is 81.6 Å². The summed E-state index contributed by atoms with van der Waals surface area (Å²) < 4.78 is 2.22. The molecule has 34 heavy (non-hydrogen) atoms. The predicted molar refractivity (Wildman–Crippen MR) is 141 cm³/mol. The van der Waals surface area contributed by atoms with Crippen molar-refractivity contribution in [3.05, 3.63) is 107 Å². The van der Waals surface area contributed by atoms with E-state index in [2.05, 4.69) is 39.3 Å². The first-order valence-electron chi connectivity index (χ1n) is 11.5. The molecular weight excluding hydrogens is 442 g/mol. The van der Waals surface area contributed by atoms with E-state index in [4.69, 9.17) is 11.6 Å². The zero-order valence-electron chi connectivity index (χ0n) is 19.6. The first kappa shape index (κ1) is 22.3. The maximum atomic E-state index is 13.8. The highest BCUT2D eigenvalue weighted by atomic mass is 35.5. The number of para-hydroxylation sites is 2. The molecule has 0 saturated carbocycles. The first-order chi connectivity index (χ1) is 16.3. The lowest BCUT2D eigenvalue weighted by atomic mass is 9.89. The fourth-order valence-corrected chi connectivity index (χ4v) is 4.77. The molecule has 5 heteroatoms. The second kappa shape index (κ2) is 8.69. The zero-order valence-corrected chi connectivity index (χ0v) is 20.4. The van der Waals surface area contributed by atoms with Gasteiger partial charge in [-0.05, 0) is 61.7 Å². The number of carbonyl (C=O) groups is 1. The molecule has 0 aliphatic heterocycles. The summed E-state index contributed by atoms with van der Waals surface area (Å²) in [5.74, 6) is -0.460. The fraction of sp³-hybridized carbons (Fsp3) is 0.207. The van der Waals surface area contributed by atoms with Gasteiger partial charge in [0.1, 0.15) is 0 Å². The second-order valence-corrected chi connectivity index (χ2v) is 10.3. The van der Waals surface area contributed by atoms with E-state index in [9.17, 15) is 4.79 Å². The average Bonchev–Trinajstić information content (AvgIpc) is 3.37. The van der Waals surface area contributed by atoms with Crippen LogP contribution in [0.3, 0.4) is 0 Å². The normalized spacial score (nSPS) is 12.8. The van der Waals surface area contributed by atoms with Gasteiger partial charge in [0.2, 0.25) is 5.91 Å². The second-order valence-electron chi connectivity index (χ2n) is 9.82. The van der Waals surface area contributed by atoms with Gasteiger partial charge >= 0.3 is 0 Å². The number of benzene rings is 3. The van der Waals surface area contributed by atoms with Crippen LogP contribution in [0.4, 0.5) is 0 Å². The number of H-pyrrole nitrogens is 1. The van der Waals surface area contributed by atoms with E-state index in [0.29, 0.717) is 6.54 Å². The molecule has 5 rings (SSSR count). The zero-order chi connectivity index (χ0) is 23.9. The molecule has 1 unspecified atom stereocenters. The van der Waals surface area contributed by atoms with Gasteiger partial charge in [0.15, 0.2) is 0 Å². The summed E-state index contributed by atoms with van der Waals surface area (Å²) >= 11 is 6.09. The van der Waals surface area contributed by atoms with Crippen molar-refractivity contribution in [2.24, 2.45) is 0 Å². The van der Waals surface area contributed by atoms with Crippen molar-refractivity contribution in [1.82, 2.24) is 14.9 Å². The van der Waals surface area contributed by atoms with Crippen LogP contribution in [-0.4, -0.2) is 21.0 Å². The van der Waals surface area contributed by atoms with Gasteiger partial charge < -0.3 is 14.9 Å². The lowest BCUT2D eigenvalue weighted by Crippen LogP contribution is -2.43. The Hall–Kier alpha value is -3.50. The molecule has 0 bridgehead atoms. The third kappa shape index (κ3) is 4.34. The van der Waals surface area contributed by atoms with Crippen LogP contribution in [-0.2, 0) is 11.3 Å². The fourth-order valence-electron chi connectivity index (χ4n) is 4.65. The molecule has 3 aromatic carbocycles. The number of aromatic nitrogens is 2. The largest absolute Gasteiger partial charge is 0.361 e. The van der Waals surface area contributed by atoms with Crippen LogP contribution in [0.15, 0.2) is 85.2 Å². The van der Waals surface area contributed by atoms with Gasteiger partial charge in [-0.3, -0.25) is 4.79 Å². The molecule has 0 aliphatic carbocycles. The molecule has 1 amide bonds. The Morgan fingerprint density at radius 1 is 0.941 bits per heavy atom. The van der Waals surface area contributed by atoms with E-state index in [-0.39, 0.29) is 11.4 Å².